The molecular formula is C53H40O. The SMILES string of the molecule is c1ccc(-c2cccc3c2-c2ccccc2C32Cc3ccccc3OCc3ccccc32)ccccc2ccccc2ccccc2ccccc2cc1. The van der Waals surface area contributed by atoms with Gasteiger partial charge >= 0.3 is 0 Å². The lowest BCUT2D eigenvalue weighted by Crippen LogP contribution is -2.32. The first-order valence-electron chi connectivity index (χ1n) is 18.7. The van der Waals surface area contributed by atoms with Gasteiger partial charge in [-0.05, 0) is 84.1 Å². The fourth-order valence-electron chi connectivity index (χ4n) is 8.41. The van der Waals surface area contributed by atoms with Crippen molar-refractivity contribution in [2.75, 3.05) is 0 Å². The van der Waals surface area contributed by atoms with Crippen LogP contribution in [0.5, 0.6) is 5.75 Å². The smallest absolute Gasteiger partial charge is 0.123 e. The highest BCUT2D eigenvalue weighted by atomic mass is 16.5. The largest absolute Gasteiger partial charge is 0.489 e. The minimum atomic E-state index is -0.379. The Balaban J connectivity index is 1.30. The molecule has 0 aromatic heterocycles. The second-order valence-electron chi connectivity index (χ2n) is 14.0. The number of rotatable bonds is 1. The number of fused-ring (bicyclic) bond motifs is 10. The number of para-hydroxylation sites is 1. The minimum absolute atomic E-state index is 0.379. The van der Waals surface area contributed by atoms with Crippen molar-refractivity contribution in [3.63, 3.8) is 0 Å². The van der Waals surface area contributed by atoms with Gasteiger partial charge in [-0.1, -0.05) is 212 Å². The maximum atomic E-state index is 6.46. The van der Waals surface area contributed by atoms with Crippen molar-refractivity contribution >= 4 is 21.5 Å². The molecule has 0 fully saturated rings. The van der Waals surface area contributed by atoms with Crippen LogP contribution >= 0.6 is 0 Å². The molecule has 258 valence electrons. The Kier molecular flexibility index (Phi) is 9.05. The molecule has 0 N–H and O–H groups in total. The maximum Gasteiger partial charge on any atom is 0.123 e. The van der Waals surface area contributed by atoms with E-state index in [9.17, 15) is 0 Å². The molecule has 9 rings (SSSR count). The van der Waals surface area contributed by atoms with Crippen LogP contribution in [-0.4, -0.2) is 0 Å². The van der Waals surface area contributed by atoms with E-state index < -0.39 is 0 Å². The highest BCUT2D eigenvalue weighted by Gasteiger charge is 2.47. The van der Waals surface area contributed by atoms with Gasteiger partial charge in [0.25, 0.3) is 0 Å². The molecule has 7 aromatic carbocycles. The number of hydrogen-bond acceptors (Lipinski definition) is 1. The van der Waals surface area contributed by atoms with Crippen molar-refractivity contribution in [1.82, 2.24) is 0 Å². The van der Waals surface area contributed by atoms with Crippen LogP contribution in [0.3, 0.4) is 0 Å². The molecule has 54 heavy (non-hydrogen) atoms. The quantitative estimate of drug-likeness (QED) is 0.166. The highest BCUT2D eigenvalue weighted by Crippen LogP contribution is 2.58. The predicted octanol–water partition coefficient (Wildman–Crippen LogP) is 13.5. The van der Waals surface area contributed by atoms with E-state index in [1.807, 2.05) is 0 Å². The Morgan fingerprint density at radius 2 is 0.778 bits per heavy atom. The molecule has 1 nitrogen and oxygen atoms in total. The highest BCUT2D eigenvalue weighted by molar-refractivity contribution is 5.94. The summed E-state index contributed by atoms with van der Waals surface area (Å²) in [6.07, 6.45) is 0.806. The summed E-state index contributed by atoms with van der Waals surface area (Å²) >= 11 is 0. The molecule has 0 amide bonds. The summed E-state index contributed by atoms with van der Waals surface area (Å²) in [5, 5.41) is 4.70. The van der Waals surface area contributed by atoms with Gasteiger partial charge in [-0.25, -0.2) is 0 Å². The maximum absolute atomic E-state index is 6.46. The van der Waals surface area contributed by atoms with E-state index in [-0.39, 0.29) is 5.41 Å². The van der Waals surface area contributed by atoms with Crippen LogP contribution in [0.4, 0.5) is 0 Å². The molecule has 2 aliphatic rings. The molecule has 1 spiro atoms. The Bertz CT molecular complexity index is 2720. The van der Waals surface area contributed by atoms with Crippen molar-refractivity contribution in [2.45, 2.75) is 18.4 Å². The van der Waals surface area contributed by atoms with Gasteiger partial charge in [0, 0.05) is 0 Å². The Hall–Kier alpha value is -6.70. The van der Waals surface area contributed by atoms with Gasteiger partial charge < -0.3 is 4.74 Å². The molecule has 1 atom stereocenters. The van der Waals surface area contributed by atoms with Gasteiger partial charge in [0.15, 0.2) is 0 Å². The van der Waals surface area contributed by atoms with Gasteiger partial charge in [0.05, 0.1) is 5.41 Å². The Morgan fingerprint density at radius 1 is 0.333 bits per heavy atom. The summed E-state index contributed by atoms with van der Waals surface area (Å²) in [5.41, 5.74) is 11.0. The van der Waals surface area contributed by atoms with Gasteiger partial charge in [0.2, 0.25) is 0 Å². The van der Waals surface area contributed by atoms with Gasteiger partial charge in [-0.15, -0.1) is 0 Å². The first-order chi connectivity index (χ1) is 26.8. The lowest BCUT2D eigenvalue weighted by atomic mass is 9.67. The van der Waals surface area contributed by atoms with Crippen LogP contribution in [0.25, 0.3) is 43.8 Å². The van der Waals surface area contributed by atoms with Gasteiger partial charge in [-0.3, -0.25) is 0 Å². The monoisotopic (exact) mass is 692 g/mol. The summed E-state index contributed by atoms with van der Waals surface area (Å²) in [7, 11) is 0. The van der Waals surface area contributed by atoms with Crippen molar-refractivity contribution in [3.8, 4) is 28.0 Å². The summed E-state index contributed by atoms with van der Waals surface area (Å²) in [4.78, 5) is 0. The fourth-order valence-corrected chi connectivity index (χ4v) is 8.41. The van der Waals surface area contributed by atoms with Crippen molar-refractivity contribution in [1.29, 1.82) is 0 Å². The lowest BCUT2D eigenvalue weighted by Gasteiger charge is -2.37. The normalized spacial score (nSPS) is 14.7. The number of benzene rings is 6. The van der Waals surface area contributed by atoms with E-state index in [2.05, 4.69) is 218 Å². The van der Waals surface area contributed by atoms with Crippen LogP contribution in [0.15, 0.2) is 218 Å². The van der Waals surface area contributed by atoms with E-state index in [0.29, 0.717) is 6.61 Å². The Labute approximate surface area is 317 Å². The minimum Gasteiger partial charge on any atom is -0.489 e. The fraction of sp³-hybridized carbons (Fsp3) is 0.0566. The summed E-state index contributed by atoms with van der Waals surface area (Å²) in [5.74, 6) is 0.962. The average Bonchev–Trinajstić information content (AvgIpc) is 3.50. The van der Waals surface area contributed by atoms with E-state index >= 15 is 0 Å². The van der Waals surface area contributed by atoms with Gasteiger partial charge in [0.1, 0.15) is 12.4 Å². The summed E-state index contributed by atoms with van der Waals surface area (Å²) in [6.45, 7) is 0.532. The zero-order valence-corrected chi connectivity index (χ0v) is 30.1. The molecule has 1 aliphatic carbocycles. The summed E-state index contributed by atoms with van der Waals surface area (Å²) < 4.78 is 6.46. The topological polar surface area (TPSA) is 9.23 Å². The third-order valence-corrected chi connectivity index (χ3v) is 10.9. The molecule has 1 unspecified atom stereocenters. The zero-order valence-electron chi connectivity index (χ0n) is 30.1. The molecule has 1 heterocycles. The van der Waals surface area contributed by atoms with Gasteiger partial charge in [-0.2, -0.15) is 0 Å². The van der Waals surface area contributed by atoms with Crippen molar-refractivity contribution in [2.24, 2.45) is 0 Å². The molecular weight excluding hydrogens is 653 g/mol. The van der Waals surface area contributed by atoms with E-state index in [1.165, 1.54) is 66.1 Å². The molecule has 1 aliphatic heterocycles. The van der Waals surface area contributed by atoms with E-state index in [4.69, 9.17) is 4.74 Å². The van der Waals surface area contributed by atoms with E-state index in [1.54, 1.807) is 0 Å². The third-order valence-electron chi connectivity index (χ3n) is 10.9. The Morgan fingerprint density at radius 3 is 1.43 bits per heavy atom. The molecule has 0 saturated heterocycles. The van der Waals surface area contributed by atoms with Crippen LogP contribution in [-0.2, 0) is 18.4 Å². The molecule has 7 aromatic rings. The first kappa shape index (κ1) is 33.2. The number of hydrogen-bond donors (Lipinski definition) is 0. The molecule has 0 radical (unpaired) electrons. The molecule has 0 saturated carbocycles. The van der Waals surface area contributed by atoms with Crippen LogP contribution < -0.4 is 4.74 Å². The van der Waals surface area contributed by atoms with Crippen molar-refractivity contribution < 1.29 is 4.74 Å². The van der Waals surface area contributed by atoms with E-state index in [0.717, 1.165) is 17.7 Å². The molecule has 0 bridgehead atoms. The second-order valence-corrected chi connectivity index (χ2v) is 14.0. The third kappa shape index (κ3) is 6.14. The average molecular weight is 693 g/mol. The predicted molar refractivity (Wildman–Crippen MR) is 226 cm³/mol. The van der Waals surface area contributed by atoms with Crippen LogP contribution in [0.1, 0.15) is 27.8 Å². The van der Waals surface area contributed by atoms with Crippen molar-refractivity contribution in [3.05, 3.63) is 246 Å². The second kappa shape index (κ2) is 14.7. The zero-order chi connectivity index (χ0) is 36.2. The summed E-state index contributed by atoms with van der Waals surface area (Å²) in [6, 6.07) is 78.6. The van der Waals surface area contributed by atoms with Crippen LogP contribution in [0.2, 0.25) is 0 Å². The van der Waals surface area contributed by atoms with Crippen LogP contribution in [0, 0.1) is 0 Å². The molecule has 1 heteroatoms. The standard InChI is InChI=1S/C53H40O/c1-2-19-39-20-4-5-21-40(39)22-6-7-23-41-24-8-9-25-42(41)26-10-11-28-43(27-3-1)46-32-18-35-50-52(46)47-31-14-16-34-49(47)53(50)37-44-29-13-17-36-51(44)54-38-45-30-12-15-33-48(45)53/h1-36H,37-38H2. The number of ether oxygens (including phenoxy) is 1. The first-order valence-corrected chi connectivity index (χ1v) is 18.7. The lowest BCUT2D eigenvalue weighted by molar-refractivity contribution is 0.293.